The topological polar surface area (TPSA) is 110 Å². The van der Waals surface area contributed by atoms with Gasteiger partial charge < -0.3 is 4.74 Å². The molecule has 11 heteroatoms. The molecule has 1 saturated heterocycles. The molecule has 0 N–H and O–H groups in total. The third-order valence-corrected chi connectivity index (χ3v) is 7.35. The zero-order valence-electron chi connectivity index (χ0n) is 16.8. The number of nitro groups is 1. The molecule has 1 fully saturated rings. The Kier molecular flexibility index (Phi) is 7.26. The molecular weight excluding hydrogens is 446 g/mol. The van der Waals surface area contributed by atoms with Crippen molar-refractivity contribution in [2.45, 2.75) is 11.8 Å². The van der Waals surface area contributed by atoms with E-state index in [4.69, 9.17) is 16.3 Å². The maximum Gasteiger partial charge on any atom is 0.327 e. The summed E-state index contributed by atoms with van der Waals surface area (Å²) in [6.07, 6.45) is 0. The van der Waals surface area contributed by atoms with Crippen LogP contribution < -0.4 is 0 Å². The van der Waals surface area contributed by atoms with Gasteiger partial charge in [-0.25, -0.2) is 13.2 Å². The molecule has 0 spiro atoms. The highest BCUT2D eigenvalue weighted by molar-refractivity contribution is 7.88. The predicted octanol–water partition coefficient (Wildman–Crippen LogP) is 2.61. The van der Waals surface area contributed by atoms with E-state index in [-0.39, 0.29) is 24.5 Å². The zero-order chi connectivity index (χ0) is 22.6. The lowest BCUT2D eigenvalue weighted by Crippen LogP contribution is -2.51. The summed E-state index contributed by atoms with van der Waals surface area (Å²) in [7, 11) is -2.32. The van der Waals surface area contributed by atoms with E-state index in [1.165, 1.54) is 35.7 Å². The van der Waals surface area contributed by atoms with Crippen molar-refractivity contribution in [1.82, 2.24) is 9.21 Å². The van der Waals surface area contributed by atoms with Gasteiger partial charge in [-0.2, -0.15) is 4.31 Å². The summed E-state index contributed by atoms with van der Waals surface area (Å²) < 4.78 is 32.0. The van der Waals surface area contributed by atoms with Gasteiger partial charge in [0.15, 0.2) is 0 Å². The van der Waals surface area contributed by atoms with Gasteiger partial charge >= 0.3 is 5.97 Å². The second-order valence-electron chi connectivity index (χ2n) is 7.06. The van der Waals surface area contributed by atoms with Crippen LogP contribution in [0, 0.1) is 10.1 Å². The van der Waals surface area contributed by atoms with Gasteiger partial charge in [-0.05, 0) is 17.2 Å². The summed E-state index contributed by atoms with van der Waals surface area (Å²) in [5.74, 6) is -0.717. The van der Waals surface area contributed by atoms with Gasteiger partial charge in [-0.15, -0.1) is 0 Å². The van der Waals surface area contributed by atoms with Crippen molar-refractivity contribution >= 4 is 33.3 Å². The minimum absolute atomic E-state index is 0.0943. The number of sulfonamides is 1. The number of ether oxygens (including phenoxy) is 1. The Labute approximate surface area is 185 Å². The molecule has 0 aromatic heterocycles. The molecule has 166 valence electrons. The van der Waals surface area contributed by atoms with Crippen molar-refractivity contribution in [2.24, 2.45) is 0 Å². The van der Waals surface area contributed by atoms with Gasteiger partial charge in [-0.1, -0.05) is 41.9 Å². The molecule has 2 aromatic rings. The van der Waals surface area contributed by atoms with Crippen molar-refractivity contribution in [3.05, 3.63) is 74.8 Å². The van der Waals surface area contributed by atoms with Crippen LogP contribution in [0.2, 0.25) is 5.02 Å². The molecule has 0 radical (unpaired) electrons. The lowest BCUT2D eigenvalue weighted by Gasteiger charge is -2.37. The normalized spacial score (nSPS) is 16.6. The Bertz CT molecular complexity index is 1050. The average molecular weight is 468 g/mol. The largest absolute Gasteiger partial charge is 0.468 e. The molecule has 2 aromatic carbocycles. The van der Waals surface area contributed by atoms with Gasteiger partial charge in [0.1, 0.15) is 6.04 Å². The van der Waals surface area contributed by atoms with Gasteiger partial charge in [0.05, 0.1) is 17.8 Å². The lowest BCUT2D eigenvalue weighted by molar-refractivity contribution is -0.384. The fraction of sp³-hybridized carbons (Fsp3) is 0.350. The monoisotopic (exact) mass is 467 g/mol. The number of carbonyl (C=O) groups is 1. The standard InChI is InChI=1S/C20H22ClN3O6S/c1-30-20(25)19(17-4-2-3-5-18(17)21)22-10-12-23(13-11-22)31(28,29)14-15-6-8-16(9-7-15)24(26)27/h2-9,19H,10-14H2,1H3. The van der Waals surface area contributed by atoms with E-state index in [1.54, 1.807) is 24.3 Å². The van der Waals surface area contributed by atoms with Crippen LogP contribution in [0.4, 0.5) is 5.69 Å². The van der Waals surface area contributed by atoms with Crippen LogP contribution in [-0.4, -0.2) is 61.8 Å². The molecule has 3 rings (SSSR count). The second kappa shape index (κ2) is 9.73. The van der Waals surface area contributed by atoms with Crippen molar-refractivity contribution in [3.8, 4) is 0 Å². The number of nitro benzene ring substituents is 1. The Morgan fingerprint density at radius 1 is 1.13 bits per heavy atom. The molecule has 1 aliphatic rings. The Morgan fingerprint density at radius 3 is 2.29 bits per heavy atom. The summed E-state index contributed by atoms with van der Waals surface area (Å²) in [6, 6.07) is 11.7. The molecule has 1 unspecified atom stereocenters. The van der Waals surface area contributed by atoms with Crippen LogP contribution in [0.15, 0.2) is 48.5 Å². The smallest absolute Gasteiger partial charge is 0.327 e. The van der Waals surface area contributed by atoms with Crippen LogP contribution in [0.25, 0.3) is 0 Å². The number of carbonyl (C=O) groups excluding carboxylic acids is 1. The molecule has 1 atom stereocenters. The molecule has 31 heavy (non-hydrogen) atoms. The number of esters is 1. The first-order chi connectivity index (χ1) is 14.7. The first-order valence-corrected chi connectivity index (χ1v) is 11.5. The van der Waals surface area contributed by atoms with Gasteiger partial charge in [-0.3, -0.25) is 15.0 Å². The van der Waals surface area contributed by atoms with Gasteiger partial charge in [0, 0.05) is 43.3 Å². The molecular formula is C20H22ClN3O6S. The molecule has 1 aliphatic heterocycles. The van der Waals surface area contributed by atoms with E-state index >= 15 is 0 Å². The average Bonchev–Trinajstić information content (AvgIpc) is 2.75. The zero-order valence-corrected chi connectivity index (χ0v) is 18.4. The fourth-order valence-corrected chi connectivity index (χ4v) is 5.29. The molecule has 1 heterocycles. The molecule has 0 amide bonds. The van der Waals surface area contributed by atoms with E-state index in [9.17, 15) is 23.3 Å². The maximum atomic E-state index is 12.8. The summed E-state index contributed by atoms with van der Waals surface area (Å²) in [4.78, 5) is 24.5. The van der Waals surface area contributed by atoms with Crippen molar-refractivity contribution < 1.29 is 22.9 Å². The van der Waals surface area contributed by atoms with Gasteiger partial charge in [0.2, 0.25) is 10.0 Å². The van der Waals surface area contributed by atoms with Crippen LogP contribution in [0.3, 0.4) is 0 Å². The predicted molar refractivity (Wildman–Crippen MR) is 115 cm³/mol. The summed E-state index contributed by atoms with van der Waals surface area (Å²) in [5, 5.41) is 11.2. The Morgan fingerprint density at radius 2 is 1.74 bits per heavy atom. The lowest BCUT2D eigenvalue weighted by atomic mass is 10.0. The van der Waals surface area contributed by atoms with Crippen LogP contribution >= 0.6 is 11.6 Å². The molecule has 0 bridgehead atoms. The number of nitrogens with zero attached hydrogens (tertiary/aromatic N) is 3. The Balaban J connectivity index is 1.70. The van der Waals surface area contributed by atoms with Crippen molar-refractivity contribution in [2.75, 3.05) is 33.3 Å². The number of benzene rings is 2. The highest BCUT2D eigenvalue weighted by Crippen LogP contribution is 2.30. The van der Waals surface area contributed by atoms with E-state index in [0.29, 0.717) is 29.2 Å². The van der Waals surface area contributed by atoms with E-state index < -0.39 is 27.0 Å². The minimum atomic E-state index is -3.62. The number of non-ortho nitro benzene ring substituents is 1. The number of piperazine rings is 1. The van der Waals surface area contributed by atoms with Crippen molar-refractivity contribution in [1.29, 1.82) is 0 Å². The first kappa shape index (κ1) is 23.1. The van der Waals surface area contributed by atoms with E-state index in [2.05, 4.69) is 0 Å². The Hall–Kier alpha value is -2.53. The number of rotatable bonds is 7. The number of halogens is 1. The first-order valence-electron chi connectivity index (χ1n) is 9.50. The van der Waals surface area contributed by atoms with Crippen LogP contribution in [0.1, 0.15) is 17.2 Å². The summed E-state index contributed by atoms with van der Waals surface area (Å²) in [6.45, 7) is 1.05. The highest BCUT2D eigenvalue weighted by atomic mass is 35.5. The minimum Gasteiger partial charge on any atom is -0.468 e. The SMILES string of the molecule is COC(=O)C(c1ccccc1Cl)N1CCN(S(=O)(=O)Cc2ccc([N+](=O)[O-])cc2)CC1. The highest BCUT2D eigenvalue weighted by Gasteiger charge is 2.35. The maximum absolute atomic E-state index is 12.8. The molecule has 0 saturated carbocycles. The van der Waals surface area contributed by atoms with Crippen molar-refractivity contribution in [3.63, 3.8) is 0 Å². The van der Waals surface area contributed by atoms with E-state index in [1.807, 2.05) is 4.90 Å². The second-order valence-corrected chi connectivity index (χ2v) is 9.44. The third kappa shape index (κ3) is 5.40. The quantitative estimate of drug-likeness (QED) is 0.349. The fourth-order valence-electron chi connectivity index (χ4n) is 3.54. The number of hydrogen-bond acceptors (Lipinski definition) is 7. The van der Waals surface area contributed by atoms with Crippen LogP contribution in [0.5, 0.6) is 0 Å². The molecule has 0 aliphatic carbocycles. The number of hydrogen-bond donors (Lipinski definition) is 0. The van der Waals surface area contributed by atoms with E-state index in [0.717, 1.165) is 0 Å². The van der Waals surface area contributed by atoms with Gasteiger partial charge in [0.25, 0.3) is 5.69 Å². The van der Waals surface area contributed by atoms with Crippen LogP contribution in [-0.2, 0) is 25.3 Å². The molecule has 9 nitrogen and oxygen atoms in total. The summed E-state index contributed by atoms with van der Waals surface area (Å²) >= 11 is 6.28. The summed E-state index contributed by atoms with van der Waals surface area (Å²) in [5.41, 5.74) is 0.984. The number of methoxy groups -OCH3 is 1. The third-order valence-electron chi connectivity index (χ3n) is 5.15.